The van der Waals surface area contributed by atoms with Crippen molar-refractivity contribution in [3.63, 3.8) is 0 Å². The number of benzene rings is 2. The highest BCUT2D eigenvalue weighted by Gasteiger charge is 2.15. The number of rotatable bonds is 6. The summed E-state index contributed by atoms with van der Waals surface area (Å²) < 4.78 is 5.53. The van der Waals surface area contributed by atoms with Crippen LogP contribution in [0.5, 0.6) is 5.75 Å². The molecule has 0 amide bonds. The summed E-state index contributed by atoms with van der Waals surface area (Å²) in [5.41, 5.74) is 6.25. The second-order valence-corrected chi connectivity index (χ2v) is 6.81. The molecule has 0 aromatic heterocycles. The van der Waals surface area contributed by atoms with E-state index in [2.05, 4.69) is 61.3 Å². The van der Waals surface area contributed by atoms with Crippen molar-refractivity contribution in [2.45, 2.75) is 26.2 Å². The molecule has 130 valence electrons. The molecule has 0 saturated carbocycles. The fourth-order valence-corrected chi connectivity index (χ4v) is 3.36. The first kappa shape index (κ1) is 17.3. The third-order valence-corrected chi connectivity index (χ3v) is 5.01. The second kappa shape index (κ2) is 8.06. The lowest BCUT2D eigenvalue weighted by Gasteiger charge is -2.23. The lowest BCUT2D eigenvalue weighted by molar-refractivity contribution is 0.416. The zero-order chi connectivity index (χ0) is 17.6. The number of methoxy groups -OCH3 is 1. The van der Waals surface area contributed by atoms with Crippen molar-refractivity contribution >= 4 is 5.69 Å². The van der Waals surface area contributed by atoms with E-state index in [0.717, 1.165) is 30.8 Å². The molecule has 1 aliphatic rings. The lowest BCUT2D eigenvalue weighted by Crippen LogP contribution is -2.12. The Labute approximate surface area is 151 Å². The Balaban J connectivity index is 1.72. The van der Waals surface area contributed by atoms with Crippen LogP contribution in [0.25, 0.3) is 11.1 Å². The Morgan fingerprint density at radius 1 is 1.16 bits per heavy atom. The Kier molecular flexibility index (Phi) is 5.60. The topological polar surface area (TPSA) is 21.3 Å². The van der Waals surface area contributed by atoms with E-state index in [0.29, 0.717) is 5.92 Å². The van der Waals surface area contributed by atoms with Gasteiger partial charge in [0.1, 0.15) is 5.75 Å². The predicted octanol–water partition coefficient (Wildman–Crippen LogP) is 6.08. The first-order valence-electron chi connectivity index (χ1n) is 8.98. The van der Waals surface area contributed by atoms with Gasteiger partial charge in [-0.25, -0.2) is 0 Å². The molecule has 2 nitrogen and oxygen atoms in total. The molecule has 0 saturated heterocycles. The van der Waals surface area contributed by atoms with Gasteiger partial charge in [-0.2, -0.15) is 0 Å². The molecule has 0 unspecified atom stereocenters. The van der Waals surface area contributed by atoms with Gasteiger partial charge in [0.2, 0.25) is 0 Å². The van der Waals surface area contributed by atoms with Crippen molar-refractivity contribution < 1.29 is 4.74 Å². The maximum absolute atomic E-state index is 5.53. The van der Waals surface area contributed by atoms with E-state index in [4.69, 9.17) is 4.74 Å². The normalized spacial score (nSPS) is 16.9. The van der Waals surface area contributed by atoms with Crippen molar-refractivity contribution in [2.75, 3.05) is 19.0 Å². The van der Waals surface area contributed by atoms with Gasteiger partial charge in [0.25, 0.3) is 0 Å². The van der Waals surface area contributed by atoms with Crippen LogP contribution in [0.3, 0.4) is 0 Å². The van der Waals surface area contributed by atoms with Crippen LogP contribution in [0.4, 0.5) is 5.69 Å². The number of nitrogens with one attached hydrogen (secondary N) is 1. The van der Waals surface area contributed by atoms with Crippen LogP contribution in [-0.2, 0) is 0 Å². The number of ether oxygens (including phenoxy) is 1. The van der Waals surface area contributed by atoms with Crippen molar-refractivity contribution in [1.82, 2.24) is 0 Å². The summed E-state index contributed by atoms with van der Waals surface area (Å²) in [5.74, 6) is 1.54. The van der Waals surface area contributed by atoms with Gasteiger partial charge in [-0.05, 0) is 55.4 Å². The molecule has 1 N–H and O–H groups in total. The van der Waals surface area contributed by atoms with E-state index in [9.17, 15) is 0 Å². The van der Waals surface area contributed by atoms with Crippen molar-refractivity contribution in [3.8, 4) is 16.9 Å². The quantitative estimate of drug-likeness (QED) is 0.647. The molecule has 1 atom stereocenters. The summed E-state index contributed by atoms with van der Waals surface area (Å²) in [6.07, 6.45) is 5.85. The molecular weight excluding hydrogens is 306 g/mol. The van der Waals surface area contributed by atoms with Crippen molar-refractivity contribution in [3.05, 3.63) is 72.3 Å². The lowest BCUT2D eigenvalue weighted by atomic mass is 9.85. The first-order valence-corrected chi connectivity index (χ1v) is 8.98. The molecule has 0 radical (unpaired) electrons. The fraction of sp³-hybridized carbons (Fsp3) is 0.304. The summed E-state index contributed by atoms with van der Waals surface area (Å²) >= 11 is 0. The van der Waals surface area contributed by atoms with Gasteiger partial charge in [0, 0.05) is 6.54 Å². The second-order valence-electron chi connectivity index (χ2n) is 6.81. The summed E-state index contributed by atoms with van der Waals surface area (Å²) in [7, 11) is 1.72. The molecule has 1 aliphatic carbocycles. The fourth-order valence-electron chi connectivity index (χ4n) is 3.36. The van der Waals surface area contributed by atoms with E-state index >= 15 is 0 Å². The van der Waals surface area contributed by atoms with Gasteiger partial charge < -0.3 is 10.1 Å². The number of hydrogen-bond donors (Lipinski definition) is 1. The molecule has 0 fully saturated rings. The van der Waals surface area contributed by atoms with Gasteiger partial charge in [-0.1, -0.05) is 60.2 Å². The van der Waals surface area contributed by atoms with E-state index in [1.165, 1.54) is 28.7 Å². The van der Waals surface area contributed by atoms with Gasteiger partial charge in [-0.3, -0.25) is 0 Å². The van der Waals surface area contributed by atoms with Gasteiger partial charge in [-0.15, -0.1) is 0 Å². The minimum atomic E-state index is 0.652. The molecule has 0 heterocycles. The Morgan fingerprint density at radius 3 is 2.60 bits per heavy atom. The van der Waals surface area contributed by atoms with Gasteiger partial charge in [0.15, 0.2) is 0 Å². The van der Waals surface area contributed by atoms with Crippen molar-refractivity contribution in [2.24, 2.45) is 5.92 Å². The van der Waals surface area contributed by atoms with Crippen LogP contribution in [0.2, 0.25) is 0 Å². The average Bonchev–Trinajstić information content (AvgIpc) is 2.67. The Bertz CT molecular complexity index is 761. The highest BCUT2D eigenvalue weighted by molar-refractivity contribution is 5.72. The molecule has 2 heteroatoms. The van der Waals surface area contributed by atoms with Crippen LogP contribution < -0.4 is 10.1 Å². The zero-order valence-electron chi connectivity index (χ0n) is 15.2. The van der Waals surface area contributed by atoms with Crippen LogP contribution in [0, 0.1) is 5.92 Å². The largest absolute Gasteiger partial charge is 0.495 e. The minimum absolute atomic E-state index is 0.652. The van der Waals surface area contributed by atoms with E-state index in [1.807, 2.05) is 12.1 Å². The number of anilines is 1. The molecule has 25 heavy (non-hydrogen) atoms. The van der Waals surface area contributed by atoms with E-state index < -0.39 is 0 Å². The SMILES string of the molecule is C=C(C)[C@@H]1CC=C(CNc2cc(-c3ccccc3)ccc2OC)CC1. The smallest absolute Gasteiger partial charge is 0.141 e. The Hall–Kier alpha value is -2.48. The molecule has 2 aromatic carbocycles. The van der Waals surface area contributed by atoms with Crippen LogP contribution >= 0.6 is 0 Å². The van der Waals surface area contributed by atoms with Crippen molar-refractivity contribution in [1.29, 1.82) is 0 Å². The summed E-state index contributed by atoms with van der Waals surface area (Å²) in [6.45, 7) is 7.11. The standard InChI is InChI=1S/C23H27NO/c1-17(2)19-11-9-18(10-12-19)16-24-22-15-21(13-14-23(22)25-3)20-7-5-4-6-8-20/h4-9,13-15,19,24H,1,10-12,16H2,2-3H3/t19-/m1/s1. The summed E-state index contributed by atoms with van der Waals surface area (Å²) in [4.78, 5) is 0. The number of allylic oxidation sites excluding steroid dienone is 2. The first-order chi connectivity index (χ1) is 12.2. The van der Waals surface area contributed by atoms with Crippen LogP contribution in [0.15, 0.2) is 72.3 Å². The third kappa shape index (κ3) is 4.33. The molecule has 0 spiro atoms. The average molecular weight is 333 g/mol. The highest BCUT2D eigenvalue weighted by Crippen LogP contribution is 2.32. The molecule has 2 aromatic rings. The highest BCUT2D eigenvalue weighted by atomic mass is 16.5. The van der Waals surface area contributed by atoms with Gasteiger partial charge >= 0.3 is 0 Å². The van der Waals surface area contributed by atoms with E-state index in [1.54, 1.807) is 7.11 Å². The minimum Gasteiger partial charge on any atom is -0.495 e. The summed E-state index contributed by atoms with van der Waals surface area (Å²) in [5, 5.41) is 3.57. The monoisotopic (exact) mass is 333 g/mol. The van der Waals surface area contributed by atoms with Crippen LogP contribution in [0.1, 0.15) is 26.2 Å². The zero-order valence-corrected chi connectivity index (χ0v) is 15.2. The molecular formula is C23H27NO. The maximum Gasteiger partial charge on any atom is 0.141 e. The Morgan fingerprint density at radius 2 is 1.96 bits per heavy atom. The van der Waals surface area contributed by atoms with E-state index in [-0.39, 0.29) is 0 Å². The molecule has 3 rings (SSSR count). The van der Waals surface area contributed by atoms with Crippen LogP contribution in [-0.4, -0.2) is 13.7 Å². The summed E-state index contributed by atoms with van der Waals surface area (Å²) in [6, 6.07) is 16.8. The maximum atomic E-state index is 5.53. The molecule has 0 bridgehead atoms. The number of hydrogen-bond acceptors (Lipinski definition) is 2. The predicted molar refractivity (Wildman–Crippen MR) is 107 cm³/mol. The third-order valence-electron chi connectivity index (χ3n) is 5.01. The molecule has 0 aliphatic heterocycles. The van der Waals surface area contributed by atoms with Gasteiger partial charge in [0.05, 0.1) is 12.8 Å².